The number of fused-ring (bicyclic) bond motifs is 1. The van der Waals surface area contributed by atoms with Crippen LogP contribution in [0.5, 0.6) is 5.75 Å². The molecule has 0 unspecified atom stereocenters. The van der Waals surface area contributed by atoms with Crippen LogP contribution in [0.15, 0.2) is 36.4 Å². The number of rotatable bonds is 6. The Hall–Kier alpha value is -2.40. The summed E-state index contributed by atoms with van der Waals surface area (Å²) in [6.07, 6.45) is 1.90. The van der Waals surface area contributed by atoms with Gasteiger partial charge in [0.05, 0.1) is 0 Å². The van der Waals surface area contributed by atoms with Crippen LogP contribution in [0, 0.1) is 0 Å². The molecule has 0 fully saturated rings. The zero-order chi connectivity index (χ0) is 19.8. The maximum absolute atomic E-state index is 9.78. The molecule has 27 heavy (non-hydrogen) atoms. The molecule has 1 aromatic heterocycles. The zero-order valence-electron chi connectivity index (χ0n) is 17.1. The summed E-state index contributed by atoms with van der Waals surface area (Å²) in [5, 5.41) is 19.0. The Balaban J connectivity index is 2.33. The SMILES string of the molecule is CCC(C)(C)c1cc(-n2nc3ccccc3n2)c(OO)c(C(C)(C)CC)c1. The van der Waals surface area contributed by atoms with Gasteiger partial charge in [0.2, 0.25) is 0 Å². The summed E-state index contributed by atoms with van der Waals surface area (Å²) in [6.45, 7) is 13.1. The van der Waals surface area contributed by atoms with E-state index in [1.807, 2.05) is 30.3 Å². The van der Waals surface area contributed by atoms with Crippen LogP contribution in [-0.4, -0.2) is 20.3 Å². The maximum Gasteiger partial charge on any atom is 0.196 e. The molecule has 0 aliphatic rings. The van der Waals surface area contributed by atoms with E-state index in [2.05, 4.69) is 57.8 Å². The number of aromatic nitrogens is 3. The van der Waals surface area contributed by atoms with Crippen LogP contribution < -0.4 is 4.89 Å². The van der Waals surface area contributed by atoms with Gasteiger partial charge in [-0.05, 0) is 47.4 Å². The van der Waals surface area contributed by atoms with Crippen LogP contribution in [0.1, 0.15) is 65.5 Å². The van der Waals surface area contributed by atoms with Gasteiger partial charge in [0.15, 0.2) is 5.75 Å². The molecule has 0 atom stereocenters. The fourth-order valence-electron chi connectivity index (χ4n) is 3.11. The molecule has 0 radical (unpaired) electrons. The normalized spacial score (nSPS) is 12.6. The quantitative estimate of drug-likeness (QED) is 0.452. The molecule has 0 spiro atoms. The van der Waals surface area contributed by atoms with Gasteiger partial charge >= 0.3 is 0 Å². The Labute approximate surface area is 160 Å². The van der Waals surface area contributed by atoms with Crippen molar-refractivity contribution in [1.29, 1.82) is 0 Å². The van der Waals surface area contributed by atoms with E-state index in [0.29, 0.717) is 11.4 Å². The first kappa shape index (κ1) is 19.4. The first-order valence-electron chi connectivity index (χ1n) is 9.56. The van der Waals surface area contributed by atoms with Gasteiger partial charge in [-0.3, -0.25) is 0 Å². The van der Waals surface area contributed by atoms with E-state index < -0.39 is 0 Å². The summed E-state index contributed by atoms with van der Waals surface area (Å²) in [5.41, 5.74) is 4.22. The van der Waals surface area contributed by atoms with E-state index >= 15 is 0 Å². The van der Waals surface area contributed by atoms with Crippen molar-refractivity contribution in [3.8, 4) is 11.4 Å². The molecule has 0 saturated heterocycles. The van der Waals surface area contributed by atoms with Crippen molar-refractivity contribution in [3.63, 3.8) is 0 Å². The van der Waals surface area contributed by atoms with Gasteiger partial charge < -0.3 is 4.89 Å². The van der Waals surface area contributed by atoms with Crippen LogP contribution in [0.3, 0.4) is 0 Å². The van der Waals surface area contributed by atoms with E-state index in [1.165, 1.54) is 5.56 Å². The zero-order valence-corrected chi connectivity index (χ0v) is 17.1. The molecule has 5 nitrogen and oxygen atoms in total. The number of nitrogens with zero attached hydrogens (tertiary/aromatic N) is 3. The van der Waals surface area contributed by atoms with Crippen LogP contribution in [-0.2, 0) is 10.8 Å². The van der Waals surface area contributed by atoms with Crippen molar-refractivity contribution >= 4 is 11.0 Å². The number of hydrogen-bond acceptors (Lipinski definition) is 4. The Morgan fingerprint density at radius 3 is 1.96 bits per heavy atom. The second-order valence-corrected chi connectivity index (χ2v) is 8.42. The van der Waals surface area contributed by atoms with Crippen molar-refractivity contribution < 1.29 is 10.1 Å². The standard InChI is InChI=1S/C22H29N3O2/c1-7-21(3,4)15-13-16(22(5,6)8-2)20(27-26)19(14-15)25-23-17-11-9-10-12-18(17)24-25/h9-14,26H,7-8H2,1-6H3. The first-order valence-corrected chi connectivity index (χ1v) is 9.56. The lowest BCUT2D eigenvalue weighted by atomic mass is 9.76. The van der Waals surface area contributed by atoms with Gasteiger partial charge in [0, 0.05) is 5.56 Å². The molecule has 2 aromatic carbocycles. The monoisotopic (exact) mass is 367 g/mol. The summed E-state index contributed by atoms with van der Waals surface area (Å²) in [4.78, 5) is 6.49. The van der Waals surface area contributed by atoms with Crippen molar-refractivity contribution in [3.05, 3.63) is 47.5 Å². The Bertz CT molecular complexity index is 924. The summed E-state index contributed by atoms with van der Waals surface area (Å²) in [5.74, 6) is 0.415. The molecule has 0 amide bonds. The van der Waals surface area contributed by atoms with Gasteiger partial charge in [-0.1, -0.05) is 59.7 Å². The largest absolute Gasteiger partial charge is 0.338 e. The Morgan fingerprint density at radius 1 is 0.926 bits per heavy atom. The molecule has 144 valence electrons. The highest BCUT2D eigenvalue weighted by molar-refractivity contribution is 5.74. The Kier molecular flexibility index (Phi) is 5.00. The minimum atomic E-state index is -0.167. The third kappa shape index (κ3) is 3.44. The van der Waals surface area contributed by atoms with Crippen molar-refractivity contribution in [1.82, 2.24) is 15.0 Å². The third-order valence-corrected chi connectivity index (χ3v) is 5.94. The van der Waals surface area contributed by atoms with Gasteiger partial charge in [0.1, 0.15) is 16.7 Å². The van der Waals surface area contributed by atoms with Gasteiger partial charge in [-0.15, -0.1) is 15.0 Å². The molecule has 3 aromatic rings. The third-order valence-electron chi connectivity index (χ3n) is 5.94. The minimum Gasteiger partial charge on any atom is -0.338 e. The highest BCUT2D eigenvalue weighted by Gasteiger charge is 2.30. The number of benzene rings is 2. The lowest BCUT2D eigenvalue weighted by molar-refractivity contribution is -0.139. The van der Waals surface area contributed by atoms with Gasteiger partial charge in [-0.25, -0.2) is 5.26 Å². The second kappa shape index (κ2) is 6.97. The molecule has 1 heterocycles. The van der Waals surface area contributed by atoms with Crippen molar-refractivity contribution in [2.75, 3.05) is 0 Å². The summed E-state index contributed by atoms with van der Waals surface area (Å²) >= 11 is 0. The van der Waals surface area contributed by atoms with Gasteiger partial charge in [-0.2, -0.15) is 0 Å². The lowest BCUT2D eigenvalue weighted by Gasteiger charge is -2.30. The predicted octanol–water partition coefficient (Wildman–Crippen LogP) is 5.65. The smallest absolute Gasteiger partial charge is 0.196 e. The van der Waals surface area contributed by atoms with Crippen LogP contribution in [0.2, 0.25) is 0 Å². The Morgan fingerprint density at radius 2 is 1.48 bits per heavy atom. The average molecular weight is 367 g/mol. The van der Waals surface area contributed by atoms with Crippen LogP contribution in [0.4, 0.5) is 0 Å². The molecule has 0 bridgehead atoms. The van der Waals surface area contributed by atoms with E-state index in [-0.39, 0.29) is 10.8 Å². The second-order valence-electron chi connectivity index (χ2n) is 8.42. The summed E-state index contributed by atoms with van der Waals surface area (Å²) < 4.78 is 0. The van der Waals surface area contributed by atoms with E-state index in [9.17, 15) is 5.26 Å². The summed E-state index contributed by atoms with van der Waals surface area (Å²) in [6, 6.07) is 11.9. The first-order chi connectivity index (χ1) is 12.7. The van der Waals surface area contributed by atoms with E-state index in [4.69, 9.17) is 4.89 Å². The topological polar surface area (TPSA) is 60.2 Å². The van der Waals surface area contributed by atoms with Crippen LogP contribution in [0.25, 0.3) is 16.7 Å². The highest BCUT2D eigenvalue weighted by Crippen LogP contribution is 2.42. The van der Waals surface area contributed by atoms with E-state index in [0.717, 1.165) is 29.4 Å². The molecule has 3 rings (SSSR count). The molecule has 5 heteroatoms. The molecule has 1 N–H and O–H groups in total. The summed E-state index contributed by atoms with van der Waals surface area (Å²) in [7, 11) is 0. The van der Waals surface area contributed by atoms with Crippen LogP contribution >= 0.6 is 0 Å². The van der Waals surface area contributed by atoms with Gasteiger partial charge in [0.25, 0.3) is 0 Å². The molecule has 0 aliphatic carbocycles. The highest BCUT2D eigenvalue weighted by atomic mass is 17.1. The van der Waals surface area contributed by atoms with Crippen molar-refractivity contribution in [2.24, 2.45) is 0 Å². The lowest BCUT2D eigenvalue weighted by Crippen LogP contribution is -2.22. The fourth-order valence-corrected chi connectivity index (χ4v) is 3.11. The minimum absolute atomic E-state index is 0.0200. The molecule has 0 saturated carbocycles. The van der Waals surface area contributed by atoms with Crippen molar-refractivity contribution in [2.45, 2.75) is 65.2 Å². The molecular weight excluding hydrogens is 338 g/mol. The fraction of sp³-hybridized carbons (Fsp3) is 0.455. The number of hydrogen-bond donors (Lipinski definition) is 1. The predicted molar refractivity (Wildman–Crippen MR) is 109 cm³/mol. The average Bonchev–Trinajstić information content (AvgIpc) is 3.10. The van der Waals surface area contributed by atoms with E-state index in [1.54, 1.807) is 4.80 Å². The molecular formula is C22H29N3O2. The maximum atomic E-state index is 9.78. The molecule has 0 aliphatic heterocycles.